The minimum absolute atomic E-state index is 0.137. The first-order valence-corrected chi connectivity index (χ1v) is 4.70. The first-order valence-electron chi connectivity index (χ1n) is 4.33. The molecule has 2 rings (SSSR count). The van der Waals surface area contributed by atoms with E-state index in [1.54, 1.807) is 7.11 Å². The zero-order valence-corrected chi connectivity index (χ0v) is 9.06. The molecule has 0 saturated carbocycles. The average Bonchev–Trinajstić information content (AvgIpc) is 2.57. The van der Waals surface area contributed by atoms with Crippen molar-refractivity contribution >= 4 is 23.1 Å². The highest BCUT2D eigenvalue weighted by Gasteiger charge is 2.16. The number of methoxy groups -OCH3 is 1. The summed E-state index contributed by atoms with van der Waals surface area (Å²) in [5, 5.41) is 4.13. The van der Waals surface area contributed by atoms with Gasteiger partial charge in [-0.25, -0.2) is 4.98 Å². The molecule has 2 aromatic rings. The summed E-state index contributed by atoms with van der Waals surface area (Å²) < 4.78 is 6.69. The zero-order chi connectivity index (χ0) is 11.0. The lowest BCUT2D eigenvalue weighted by molar-refractivity contribution is 0.114. The van der Waals surface area contributed by atoms with Crippen molar-refractivity contribution < 1.29 is 4.74 Å². The molecule has 2 heterocycles. The first-order chi connectivity index (χ1) is 7.13. The maximum Gasteiger partial charge on any atom is 0.253 e. The summed E-state index contributed by atoms with van der Waals surface area (Å²) in [6, 6.07) is 0. The number of aromatic nitrogens is 4. The van der Waals surface area contributed by atoms with Crippen molar-refractivity contribution in [1.82, 2.24) is 19.6 Å². The van der Waals surface area contributed by atoms with Crippen LogP contribution in [0.15, 0.2) is 6.20 Å². The minimum atomic E-state index is -0.201. The van der Waals surface area contributed by atoms with Crippen LogP contribution in [-0.2, 0) is 4.74 Å². The van der Waals surface area contributed by atoms with Gasteiger partial charge in [0, 0.05) is 7.11 Å². The van der Waals surface area contributed by atoms with Gasteiger partial charge in [0.1, 0.15) is 0 Å². The molecular formula is C8H10ClN5O. The van der Waals surface area contributed by atoms with Gasteiger partial charge in [0.15, 0.2) is 0 Å². The van der Waals surface area contributed by atoms with Crippen molar-refractivity contribution in [3.63, 3.8) is 0 Å². The van der Waals surface area contributed by atoms with E-state index in [4.69, 9.17) is 22.1 Å². The number of nitrogens with two attached hydrogens (primary N) is 1. The molecule has 7 heteroatoms. The second kappa shape index (κ2) is 3.63. The molecule has 0 unspecified atom stereocenters. The van der Waals surface area contributed by atoms with E-state index in [1.165, 1.54) is 10.7 Å². The predicted octanol–water partition coefficient (Wildman–Crippen LogP) is 1.07. The molecule has 15 heavy (non-hydrogen) atoms. The lowest BCUT2D eigenvalue weighted by Gasteiger charge is -2.12. The molecule has 0 fully saturated rings. The molecular weight excluding hydrogens is 218 g/mol. The number of rotatable bonds is 2. The molecule has 0 aliphatic carbocycles. The van der Waals surface area contributed by atoms with E-state index in [0.29, 0.717) is 17.2 Å². The molecule has 0 spiro atoms. The number of anilines is 1. The molecule has 1 atom stereocenters. The van der Waals surface area contributed by atoms with Gasteiger partial charge in [-0.15, -0.1) is 5.10 Å². The van der Waals surface area contributed by atoms with Crippen LogP contribution >= 0.6 is 11.6 Å². The number of nitrogens with zero attached hydrogens (tertiary/aromatic N) is 4. The van der Waals surface area contributed by atoms with Crippen molar-refractivity contribution in [2.75, 3.05) is 12.8 Å². The molecule has 0 amide bonds. The summed E-state index contributed by atoms with van der Waals surface area (Å²) in [6.45, 7) is 1.86. The maximum atomic E-state index is 5.80. The Morgan fingerprint density at radius 3 is 3.00 bits per heavy atom. The fraction of sp³-hybridized carbons (Fsp3) is 0.375. The van der Waals surface area contributed by atoms with Crippen molar-refractivity contribution in [2.45, 2.75) is 13.0 Å². The Kier molecular flexibility index (Phi) is 2.45. The first kappa shape index (κ1) is 10.1. The SMILES string of the molecule is CO[C@H](C)c1c(N)cnc2nc(Cl)nn12. The Morgan fingerprint density at radius 2 is 2.33 bits per heavy atom. The molecule has 0 bridgehead atoms. The average molecular weight is 228 g/mol. The Morgan fingerprint density at radius 1 is 1.60 bits per heavy atom. The predicted molar refractivity (Wildman–Crippen MR) is 55.6 cm³/mol. The highest BCUT2D eigenvalue weighted by molar-refractivity contribution is 6.28. The third kappa shape index (κ3) is 1.62. The summed E-state index contributed by atoms with van der Waals surface area (Å²) in [6.07, 6.45) is 1.32. The summed E-state index contributed by atoms with van der Waals surface area (Å²) in [5.41, 5.74) is 6.99. The number of nitrogen functional groups attached to an aromatic ring is 1. The minimum Gasteiger partial charge on any atom is -0.396 e. The van der Waals surface area contributed by atoms with Crippen LogP contribution < -0.4 is 5.73 Å². The molecule has 0 saturated heterocycles. The molecule has 2 N–H and O–H groups in total. The quantitative estimate of drug-likeness (QED) is 0.830. The lowest BCUT2D eigenvalue weighted by Crippen LogP contribution is -2.10. The lowest BCUT2D eigenvalue weighted by atomic mass is 10.2. The summed E-state index contributed by atoms with van der Waals surface area (Å²) in [5.74, 6) is 0.410. The van der Waals surface area contributed by atoms with Gasteiger partial charge >= 0.3 is 0 Å². The normalized spacial score (nSPS) is 13.3. The van der Waals surface area contributed by atoms with Gasteiger partial charge in [-0.2, -0.15) is 9.50 Å². The highest BCUT2D eigenvalue weighted by atomic mass is 35.5. The van der Waals surface area contributed by atoms with Crippen molar-refractivity contribution in [3.05, 3.63) is 17.2 Å². The number of hydrogen-bond donors (Lipinski definition) is 1. The van der Waals surface area contributed by atoms with Crippen LogP contribution in [0.25, 0.3) is 5.78 Å². The second-order valence-electron chi connectivity index (χ2n) is 3.07. The number of hydrogen-bond acceptors (Lipinski definition) is 5. The van der Waals surface area contributed by atoms with Crippen LogP contribution in [0.1, 0.15) is 18.7 Å². The smallest absolute Gasteiger partial charge is 0.253 e. The van der Waals surface area contributed by atoms with E-state index in [2.05, 4.69) is 15.1 Å². The van der Waals surface area contributed by atoms with Gasteiger partial charge in [0.25, 0.3) is 5.78 Å². The third-order valence-corrected chi connectivity index (χ3v) is 2.31. The maximum absolute atomic E-state index is 5.80. The second-order valence-corrected chi connectivity index (χ2v) is 3.41. The van der Waals surface area contributed by atoms with Gasteiger partial charge in [-0.05, 0) is 18.5 Å². The van der Waals surface area contributed by atoms with Crippen LogP contribution in [0.5, 0.6) is 0 Å². The van der Waals surface area contributed by atoms with Crippen LogP contribution in [0.3, 0.4) is 0 Å². The summed E-state index contributed by atoms with van der Waals surface area (Å²) in [4.78, 5) is 7.93. The van der Waals surface area contributed by atoms with Gasteiger partial charge < -0.3 is 10.5 Å². The van der Waals surface area contributed by atoms with E-state index < -0.39 is 0 Å². The Balaban J connectivity index is 2.73. The summed E-state index contributed by atoms with van der Waals surface area (Å²) in [7, 11) is 1.59. The fourth-order valence-corrected chi connectivity index (χ4v) is 1.51. The highest BCUT2D eigenvalue weighted by Crippen LogP contribution is 2.22. The summed E-state index contributed by atoms with van der Waals surface area (Å²) >= 11 is 5.69. The number of ether oxygens (including phenoxy) is 1. The molecule has 80 valence electrons. The molecule has 0 aliphatic rings. The van der Waals surface area contributed by atoms with Crippen LogP contribution in [0, 0.1) is 0 Å². The van der Waals surface area contributed by atoms with Gasteiger partial charge in [-0.3, -0.25) is 0 Å². The molecule has 6 nitrogen and oxygen atoms in total. The monoisotopic (exact) mass is 227 g/mol. The van der Waals surface area contributed by atoms with E-state index in [9.17, 15) is 0 Å². The van der Waals surface area contributed by atoms with E-state index >= 15 is 0 Å². The van der Waals surface area contributed by atoms with Crippen molar-refractivity contribution in [3.8, 4) is 0 Å². The third-order valence-electron chi connectivity index (χ3n) is 2.15. The largest absolute Gasteiger partial charge is 0.396 e. The number of halogens is 1. The zero-order valence-electron chi connectivity index (χ0n) is 8.31. The van der Waals surface area contributed by atoms with Gasteiger partial charge in [0.05, 0.1) is 23.7 Å². The molecule has 0 aliphatic heterocycles. The van der Waals surface area contributed by atoms with Crippen molar-refractivity contribution in [1.29, 1.82) is 0 Å². The molecule has 2 aromatic heterocycles. The Bertz CT molecular complexity index is 497. The molecule has 0 aromatic carbocycles. The Hall–Kier alpha value is -1.40. The van der Waals surface area contributed by atoms with Crippen LogP contribution in [0.2, 0.25) is 5.28 Å². The van der Waals surface area contributed by atoms with Crippen molar-refractivity contribution in [2.24, 2.45) is 0 Å². The molecule has 0 radical (unpaired) electrons. The van der Waals surface area contributed by atoms with E-state index in [0.717, 1.165) is 0 Å². The van der Waals surface area contributed by atoms with Crippen LogP contribution in [0.4, 0.5) is 5.69 Å². The van der Waals surface area contributed by atoms with Gasteiger partial charge in [0.2, 0.25) is 5.28 Å². The Labute approximate surface area is 91.0 Å². The van der Waals surface area contributed by atoms with Crippen LogP contribution in [-0.4, -0.2) is 26.7 Å². The van der Waals surface area contributed by atoms with E-state index in [1.807, 2.05) is 6.92 Å². The topological polar surface area (TPSA) is 78.3 Å². The standard InChI is InChI=1S/C8H10ClN5O/c1-4(15-2)6-5(10)3-11-8-12-7(9)13-14(6)8/h3-4H,10H2,1-2H3/t4-/m1/s1. The van der Waals surface area contributed by atoms with E-state index in [-0.39, 0.29) is 11.4 Å². The fourth-order valence-electron chi connectivity index (χ4n) is 1.36. The number of fused-ring (bicyclic) bond motifs is 1. The van der Waals surface area contributed by atoms with Gasteiger partial charge in [-0.1, -0.05) is 0 Å².